The molecular weight excluding hydrogens is 304 g/mol. The molecule has 3 aromatic rings. The first-order chi connectivity index (χ1) is 10.5. The summed E-state index contributed by atoms with van der Waals surface area (Å²) in [5.74, 6) is -1.07. The fraction of sp³-hybridized carbons (Fsp3) is 0.154. The summed E-state index contributed by atoms with van der Waals surface area (Å²) in [6.45, 7) is -0.128. The molecule has 0 aliphatic carbocycles. The van der Waals surface area contributed by atoms with E-state index in [4.69, 9.17) is 5.73 Å². The van der Waals surface area contributed by atoms with E-state index >= 15 is 0 Å². The predicted molar refractivity (Wildman–Crippen MR) is 79.9 cm³/mol. The molecule has 112 valence electrons. The van der Waals surface area contributed by atoms with Gasteiger partial charge in [-0.25, -0.2) is 4.68 Å². The van der Waals surface area contributed by atoms with Crippen LogP contribution in [-0.2, 0) is 18.4 Å². The van der Waals surface area contributed by atoms with Gasteiger partial charge in [0.25, 0.3) is 0 Å². The summed E-state index contributed by atoms with van der Waals surface area (Å²) in [4.78, 5) is 27.6. The molecule has 0 radical (unpaired) electrons. The highest BCUT2D eigenvalue weighted by Gasteiger charge is 2.12. The van der Waals surface area contributed by atoms with Crippen molar-refractivity contribution in [2.24, 2.45) is 17.8 Å². The first kappa shape index (κ1) is 14.1. The number of rotatable bonds is 3. The van der Waals surface area contributed by atoms with Gasteiger partial charge in [-0.3, -0.25) is 9.59 Å². The Morgan fingerprint density at radius 2 is 2.14 bits per heavy atom. The summed E-state index contributed by atoms with van der Waals surface area (Å²) in [5, 5.41) is 7.37. The Bertz CT molecular complexity index is 935. The van der Waals surface area contributed by atoms with Crippen LogP contribution in [0.1, 0.15) is 10.5 Å². The molecule has 9 heteroatoms. The molecule has 0 saturated carbocycles. The van der Waals surface area contributed by atoms with Crippen LogP contribution in [-0.4, -0.2) is 31.4 Å². The number of carbonyl (C=O) groups is 2. The standard InChI is InChI=1S/C13H12N6O2S/c1-18-9-4-2-3-5-10(9)22-13(18)15-12(21)8-6-19(17-16-8)7-11(14)20/h2-6H,7H2,1H3,(H2,14,20). The molecule has 1 aromatic carbocycles. The number of nitrogens with two attached hydrogens (primary N) is 1. The van der Waals surface area contributed by atoms with Crippen LogP contribution in [0.2, 0.25) is 0 Å². The van der Waals surface area contributed by atoms with E-state index in [0.29, 0.717) is 4.80 Å². The second-order valence-electron chi connectivity index (χ2n) is 4.60. The lowest BCUT2D eigenvalue weighted by molar-refractivity contribution is -0.118. The molecule has 0 bridgehead atoms. The molecule has 0 aliphatic rings. The summed E-state index contributed by atoms with van der Waals surface area (Å²) >= 11 is 1.41. The van der Waals surface area contributed by atoms with Gasteiger partial charge >= 0.3 is 5.91 Å². The number of fused-ring (bicyclic) bond motifs is 1. The van der Waals surface area contributed by atoms with E-state index < -0.39 is 11.8 Å². The average Bonchev–Trinajstić information content (AvgIpc) is 3.05. The van der Waals surface area contributed by atoms with Crippen molar-refractivity contribution in [1.29, 1.82) is 0 Å². The number of hydrogen-bond donors (Lipinski definition) is 1. The van der Waals surface area contributed by atoms with E-state index in [1.54, 1.807) is 0 Å². The molecule has 0 aliphatic heterocycles. The van der Waals surface area contributed by atoms with Crippen LogP contribution in [0.15, 0.2) is 35.5 Å². The van der Waals surface area contributed by atoms with E-state index in [1.807, 2.05) is 35.9 Å². The molecule has 0 saturated heterocycles. The van der Waals surface area contributed by atoms with Gasteiger partial charge in [0.2, 0.25) is 5.91 Å². The molecule has 0 fully saturated rings. The van der Waals surface area contributed by atoms with E-state index in [1.165, 1.54) is 22.2 Å². The fourth-order valence-corrected chi connectivity index (χ4v) is 2.98. The lowest BCUT2D eigenvalue weighted by atomic mass is 10.3. The molecule has 2 amide bonds. The zero-order valence-electron chi connectivity index (χ0n) is 11.6. The van der Waals surface area contributed by atoms with Gasteiger partial charge in [0, 0.05) is 7.05 Å². The van der Waals surface area contributed by atoms with Crippen LogP contribution in [0, 0.1) is 0 Å². The number of aromatic nitrogens is 4. The van der Waals surface area contributed by atoms with Crippen molar-refractivity contribution >= 4 is 33.4 Å². The SMILES string of the molecule is Cn1c(=NC(=O)c2cn(CC(N)=O)nn2)sc2ccccc21. The van der Waals surface area contributed by atoms with Crippen LogP contribution >= 0.6 is 11.3 Å². The minimum Gasteiger partial charge on any atom is -0.368 e. The smallest absolute Gasteiger partial charge is 0.301 e. The Morgan fingerprint density at radius 1 is 1.36 bits per heavy atom. The number of para-hydroxylation sites is 1. The minimum absolute atomic E-state index is 0.0682. The fourth-order valence-electron chi connectivity index (χ4n) is 1.97. The number of aryl methyl sites for hydroxylation is 1. The van der Waals surface area contributed by atoms with Crippen molar-refractivity contribution < 1.29 is 9.59 Å². The lowest BCUT2D eigenvalue weighted by Gasteiger charge is -1.93. The van der Waals surface area contributed by atoms with Crippen LogP contribution in [0.4, 0.5) is 0 Å². The van der Waals surface area contributed by atoms with Crippen LogP contribution in [0.3, 0.4) is 0 Å². The summed E-state index contributed by atoms with van der Waals surface area (Å²) in [7, 11) is 1.84. The van der Waals surface area contributed by atoms with Crippen LogP contribution < -0.4 is 10.5 Å². The molecule has 0 atom stereocenters. The number of hydrogen-bond acceptors (Lipinski definition) is 5. The first-order valence-corrected chi connectivity index (χ1v) is 7.18. The quantitative estimate of drug-likeness (QED) is 0.737. The normalized spacial score (nSPS) is 12.0. The number of primary amides is 1. The molecule has 8 nitrogen and oxygen atoms in total. The van der Waals surface area contributed by atoms with Crippen molar-refractivity contribution in [2.45, 2.75) is 6.54 Å². The summed E-state index contributed by atoms with van der Waals surface area (Å²) in [5.41, 5.74) is 6.12. The van der Waals surface area contributed by atoms with Crippen molar-refractivity contribution in [1.82, 2.24) is 19.6 Å². The molecule has 0 spiro atoms. The zero-order chi connectivity index (χ0) is 15.7. The Balaban J connectivity index is 1.96. The third-order valence-corrected chi connectivity index (χ3v) is 4.10. The molecule has 2 N–H and O–H groups in total. The van der Waals surface area contributed by atoms with Crippen molar-refractivity contribution in [3.8, 4) is 0 Å². The number of thiazole rings is 1. The van der Waals surface area contributed by atoms with E-state index in [2.05, 4.69) is 15.3 Å². The van der Waals surface area contributed by atoms with Crippen LogP contribution in [0.5, 0.6) is 0 Å². The third-order valence-electron chi connectivity index (χ3n) is 2.99. The topological polar surface area (TPSA) is 108 Å². The first-order valence-electron chi connectivity index (χ1n) is 6.36. The maximum atomic E-state index is 12.1. The molecular formula is C13H12N6O2S. The molecule has 2 heterocycles. The number of nitrogens with zero attached hydrogens (tertiary/aromatic N) is 5. The van der Waals surface area contributed by atoms with Crippen molar-refractivity contribution in [3.63, 3.8) is 0 Å². The second-order valence-corrected chi connectivity index (χ2v) is 5.61. The predicted octanol–water partition coefficient (Wildman–Crippen LogP) is 0.0577. The van der Waals surface area contributed by atoms with E-state index in [-0.39, 0.29) is 12.2 Å². The van der Waals surface area contributed by atoms with Gasteiger partial charge in [0.15, 0.2) is 10.5 Å². The van der Waals surface area contributed by atoms with E-state index in [9.17, 15) is 9.59 Å². The van der Waals surface area contributed by atoms with Crippen molar-refractivity contribution in [2.75, 3.05) is 0 Å². The van der Waals surface area contributed by atoms with Crippen LogP contribution in [0.25, 0.3) is 10.2 Å². The number of benzene rings is 1. The maximum Gasteiger partial charge on any atom is 0.301 e. The monoisotopic (exact) mass is 316 g/mol. The van der Waals surface area contributed by atoms with Gasteiger partial charge in [-0.2, -0.15) is 4.99 Å². The average molecular weight is 316 g/mol. The highest BCUT2D eigenvalue weighted by Crippen LogP contribution is 2.15. The highest BCUT2D eigenvalue weighted by molar-refractivity contribution is 7.16. The van der Waals surface area contributed by atoms with E-state index in [0.717, 1.165) is 10.2 Å². The molecule has 3 rings (SSSR count). The van der Waals surface area contributed by atoms with Gasteiger partial charge in [-0.15, -0.1) is 5.10 Å². The molecule has 0 unspecified atom stereocenters. The Labute approximate surface area is 128 Å². The lowest BCUT2D eigenvalue weighted by Crippen LogP contribution is -2.19. The second kappa shape index (κ2) is 5.53. The van der Waals surface area contributed by atoms with Crippen molar-refractivity contribution in [3.05, 3.63) is 41.0 Å². The van der Waals surface area contributed by atoms with Gasteiger partial charge in [-0.05, 0) is 12.1 Å². The highest BCUT2D eigenvalue weighted by atomic mass is 32.1. The minimum atomic E-state index is -0.559. The van der Waals surface area contributed by atoms with Gasteiger partial charge in [-0.1, -0.05) is 28.7 Å². The Hall–Kier alpha value is -2.81. The van der Waals surface area contributed by atoms with Gasteiger partial charge < -0.3 is 10.3 Å². The molecule has 22 heavy (non-hydrogen) atoms. The maximum absolute atomic E-state index is 12.1. The van der Waals surface area contributed by atoms with Gasteiger partial charge in [0.05, 0.1) is 16.4 Å². The summed E-state index contributed by atoms with van der Waals surface area (Å²) < 4.78 is 4.08. The largest absolute Gasteiger partial charge is 0.368 e. The molecule has 2 aromatic heterocycles. The summed E-state index contributed by atoms with van der Waals surface area (Å²) in [6.07, 6.45) is 1.35. The van der Waals surface area contributed by atoms with Gasteiger partial charge in [0.1, 0.15) is 6.54 Å². The Kier molecular flexibility index (Phi) is 3.55. The Morgan fingerprint density at radius 3 is 2.86 bits per heavy atom. The summed E-state index contributed by atoms with van der Waals surface area (Å²) in [6, 6.07) is 7.78. The number of amides is 2. The number of carbonyl (C=O) groups excluding carboxylic acids is 2. The third kappa shape index (κ3) is 2.66. The zero-order valence-corrected chi connectivity index (χ0v) is 12.4.